The molecular weight excluding hydrogens is 566 g/mol. The average molecular weight is 590 g/mol. The van der Waals surface area contributed by atoms with Crippen LogP contribution in [0.15, 0.2) is 59.7 Å². The fraction of sp³-hybridized carbons (Fsp3) is 0.333. The Morgan fingerprint density at radius 1 is 0.714 bits per heavy atom. The molecule has 0 amide bonds. The summed E-state index contributed by atoms with van der Waals surface area (Å²) in [6.07, 6.45) is 1.98. The Morgan fingerprint density at radius 3 is 1.43 bits per heavy atom. The molecule has 2 radical (unpaired) electrons. The molecule has 0 spiro atoms. The third kappa shape index (κ3) is 3.02. The Balaban J connectivity index is 0.00000225. The second kappa shape index (κ2) is 8.02. The fourth-order valence-electron chi connectivity index (χ4n) is 4.79. The van der Waals surface area contributed by atoms with Gasteiger partial charge in [0.25, 0.3) is 0 Å². The predicted octanol–water partition coefficient (Wildman–Crippen LogP) is 7.27. The minimum absolute atomic E-state index is 0. The molecule has 2 aliphatic carbocycles. The molecule has 2 unspecified atom stereocenters. The van der Waals surface area contributed by atoms with Crippen molar-refractivity contribution in [1.29, 1.82) is 0 Å². The van der Waals surface area contributed by atoms with Gasteiger partial charge < -0.3 is 0 Å². The van der Waals surface area contributed by atoms with Gasteiger partial charge in [-0.15, -0.1) is 23.2 Å². The first-order valence-electron chi connectivity index (χ1n) is 9.65. The molecule has 4 rings (SSSR count). The molecule has 2 aromatic rings. The van der Waals surface area contributed by atoms with E-state index in [0.717, 1.165) is 12.8 Å². The molecular formula is C24H24Cl2HfSi. The van der Waals surface area contributed by atoms with Gasteiger partial charge in [-0.05, 0) is 71.2 Å². The molecule has 2 atom stereocenters. The normalized spacial score (nSPS) is 25.6. The maximum Gasteiger partial charge on any atom is 0.118 e. The van der Waals surface area contributed by atoms with Crippen LogP contribution in [0.25, 0.3) is 11.1 Å². The van der Waals surface area contributed by atoms with Gasteiger partial charge in [0.05, 0.1) is 8.99 Å². The minimum Gasteiger partial charge on any atom is -0.114 e. The zero-order chi connectivity index (χ0) is 19.4. The summed E-state index contributed by atoms with van der Waals surface area (Å²) in [5.74, 6) is 0. The molecule has 142 valence electrons. The third-order valence-corrected chi connectivity index (χ3v) is 9.76. The van der Waals surface area contributed by atoms with Crippen LogP contribution in [0.1, 0.15) is 62.8 Å². The van der Waals surface area contributed by atoms with Crippen molar-refractivity contribution in [2.75, 3.05) is 0 Å². The molecule has 0 aliphatic heterocycles. The van der Waals surface area contributed by atoms with E-state index in [4.69, 9.17) is 23.2 Å². The molecule has 0 aromatic heterocycles. The first-order valence-corrected chi connectivity index (χ1v) is 11.4. The zero-order valence-electron chi connectivity index (χ0n) is 16.8. The number of hydrogen-bond donors (Lipinski definition) is 0. The van der Waals surface area contributed by atoms with E-state index in [-0.39, 0.29) is 25.8 Å². The molecule has 28 heavy (non-hydrogen) atoms. The van der Waals surface area contributed by atoms with Crippen molar-refractivity contribution in [3.63, 3.8) is 0 Å². The minimum atomic E-state index is -0.540. The SMILES string of the molecule is CCC1=C(C)C(Cl)([Si]C2(Cl)C(C)=C(CC)c3ccccc32)c2ccccc21.[Hf]. The van der Waals surface area contributed by atoms with Crippen molar-refractivity contribution in [2.45, 2.75) is 49.5 Å². The standard InChI is InChI=1S/C24H24Cl2Si.Hf/c1-5-17-15(3)23(25,21-13-9-7-11-19(17)21)27-24(26)16(4)18(6-2)20-12-8-10-14-22(20)24;/h7-14H,5-6H2,1-4H3;. The van der Waals surface area contributed by atoms with Crippen LogP contribution in [0.4, 0.5) is 0 Å². The number of benzene rings is 2. The van der Waals surface area contributed by atoms with Crippen molar-refractivity contribution in [1.82, 2.24) is 0 Å². The number of alkyl halides is 2. The second-order valence-electron chi connectivity index (χ2n) is 7.45. The van der Waals surface area contributed by atoms with Crippen LogP contribution in [0, 0.1) is 0 Å². The van der Waals surface area contributed by atoms with Crippen LogP contribution < -0.4 is 0 Å². The monoisotopic (exact) mass is 590 g/mol. The van der Waals surface area contributed by atoms with E-state index in [1.165, 1.54) is 44.5 Å². The first-order chi connectivity index (χ1) is 12.9. The number of allylic oxidation sites excluding steroid dienone is 4. The molecule has 0 saturated heterocycles. The van der Waals surface area contributed by atoms with E-state index in [1.54, 1.807) is 0 Å². The first kappa shape index (κ1) is 22.3. The van der Waals surface area contributed by atoms with E-state index in [1.807, 2.05) is 0 Å². The van der Waals surface area contributed by atoms with E-state index >= 15 is 0 Å². The van der Waals surface area contributed by atoms with Crippen LogP contribution in [-0.2, 0) is 34.8 Å². The summed E-state index contributed by atoms with van der Waals surface area (Å²) in [6.45, 7) is 8.81. The largest absolute Gasteiger partial charge is 0.118 e. The Morgan fingerprint density at radius 2 is 1.07 bits per heavy atom. The quantitative estimate of drug-likeness (QED) is 0.260. The molecule has 0 nitrogen and oxygen atoms in total. The van der Waals surface area contributed by atoms with E-state index < -0.39 is 8.99 Å². The topological polar surface area (TPSA) is 0 Å². The molecule has 0 heterocycles. The summed E-state index contributed by atoms with van der Waals surface area (Å²) >= 11 is 14.9. The fourth-order valence-corrected chi connectivity index (χ4v) is 8.20. The van der Waals surface area contributed by atoms with Crippen molar-refractivity contribution >= 4 is 43.9 Å². The van der Waals surface area contributed by atoms with Crippen molar-refractivity contribution in [3.8, 4) is 0 Å². The van der Waals surface area contributed by atoms with Crippen LogP contribution in [0.5, 0.6) is 0 Å². The summed E-state index contributed by atoms with van der Waals surface area (Å²) in [4.78, 5) is 0. The number of rotatable bonds is 4. The van der Waals surface area contributed by atoms with Crippen molar-refractivity contribution in [2.24, 2.45) is 0 Å². The van der Waals surface area contributed by atoms with Crippen LogP contribution in [-0.4, -0.2) is 9.52 Å². The van der Waals surface area contributed by atoms with Gasteiger partial charge in [-0.25, -0.2) is 0 Å². The summed E-state index contributed by atoms with van der Waals surface area (Å²) in [5.41, 5.74) is 10.3. The molecule has 2 aliphatic rings. The molecule has 0 saturated carbocycles. The molecule has 4 heteroatoms. The van der Waals surface area contributed by atoms with Gasteiger partial charge in [-0.3, -0.25) is 0 Å². The Bertz CT molecular complexity index is 914. The number of hydrogen-bond acceptors (Lipinski definition) is 0. The van der Waals surface area contributed by atoms with Crippen LogP contribution in [0.3, 0.4) is 0 Å². The molecule has 2 aromatic carbocycles. The average Bonchev–Trinajstić information content (AvgIpc) is 3.02. The van der Waals surface area contributed by atoms with Gasteiger partial charge in [0.15, 0.2) is 0 Å². The Kier molecular flexibility index (Phi) is 6.38. The summed E-state index contributed by atoms with van der Waals surface area (Å²) in [7, 11) is 0.333. The predicted molar refractivity (Wildman–Crippen MR) is 119 cm³/mol. The van der Waals surface area contributed by atoms with Gasteiger partial charge in [-0.2, -0.15) is 0 Å². The summed E-state index contributed by atoms with van der Waals surface area (Å²) in [6, 6.07) is 17.2. The van der Waals surface area contributed by atoms with Gasteiger partial charge >= 0.3 is 0 Å². The smallest absolute Gasteiger partial charge is 0.114 e. The number of fused-ring (bicyclic) bond motifs is 2. The van der Waals surface area contributed by atoms with Crippen molar-refractivity contribution in [3.05, 3.63) is 81.9 Å². The van der Waals surface area contributed by atoms with Gasteiger partial charge in [-0.1, -0.05) is 62.4 Å². The molecule has 0 fully saturated rings. The maximum absolute atomic E-state index is 7.47. The second-order valence-corrected chi connectivity index (χ2v) is 11.0. The van der Waals surface area contributed by atoms with Gasteiger partial charge in [0.1, 0.15) is 9.52 Å². The van der Waals surface area contributed by atoms with Gasteiger partial charge in [0, 0.05) is 25.8 Å². The number of halogens is 2. The van der Waals surface area contributed by atoms with E-state index in [0.29, 0.717) is 9.52 Å². The van der Waals surface area contributed by atoms with E-state index in [2.05, 4.69) is 76.2 Å². The molecule has 0 N–H and O–H groups in total. The van der Waals surface area contributed by atoms with Gasteiger partial charge in [0.2, 0.25) is 0 Å². The van der Waals surface area contributed by atoms with E-state index in [9.17, 15) is 0 Å². The summed E-state index contributed by atoms with van der Waals surface area (Å²) < 4.78 is -1.08. The molecule has 0 bridgehead atoms. The van der Waals surface area contributed by atoms with Crippen molar-refractivity contribution < 1.29 is 25.8 Å². The maximum atomic E-state index is 7.47. The third-order valence-electron chi connectivity index (χ3n) is 6.24. The van der Waals surface area contributed by atoms with Crippen LogP contribution in [0.2, 0.25) is 0 Å². The Hall–Kier alpha value is -0.413. The summed E-state index contributed by atoms with van der Waals surface area (Å²) in [5, 5.41) is 0. The van der Waals surface area contributed by atoms with Crippen LogP contribution >= 0.6 is 23.2 Å². The Labute approximate surface area is 200 Å². The zero-order valence-corrected chi connectivity index (χ0v) is 22.9.